The standard InChI is InChI=1S/C20H21ClN4O4S2/c1-23-7-9-25(10-8-23)31(28,29)18-11-13(3-5-15(18)21)19(26)22-14-4-6-16-17(12-14)30-20(27)24(16)2/h3-6,11-12H,7-10H2,1-2H3,(H,22,26). The number of anilines is 1. The Morgan fingerprint density at radius 3 is 2.48 bits per heavy atom. The van der Waals surface area contributed by atoms with E-state index in [9.17, 15) is 18.0 Å². The van der Waals surface area contributed by atoms with Gasteiger partial charge in [-0.2, -0.15) is 4.31 Å². The molecule has 2 aromatic carbocycles. The van der Waals surface area contributed by atoms with Crippen LogP contribution >= 0.6 is 22.9 Å². The predicted molar refractivity (Wildman–Crippen MR) is 123 cm³/mol. The molecule has 1 N–H and O–H groups in total. The maximum Gasteiger partial charge on any atom is 0.307 e. The maximum atomic E-state index is 13.1. The average molecular weight is 481 g/mol. The van der Waals surface area contributed by atoms with Crippen LogP contribution in [0.5, 0.6) is 0 Å². The molecule has 0 saturated carbocycles. The number of aromatic nitrogens is 1. The summed E-state index contributed by atoms with van der Waals surface area (Å²) in [6.45, 7) is 1.99. The molecule has 0 radical (unpaired) electrons. The Bertz CT molecular complexity index is 1320. The number of hydrogen-bond donors (Lipinski definition) is 1. The first-order valence-corrected chi connectivity index (χ1v) is 12.2. The van der Waals surface area contributed by atoms with Crippen LogP contribution in [0.25, 0.3) is 10.2 Å². The fraction of sp³-hybridized carbons (Fsp3) is 0.300. The second kappa shape index (κ2) is 8.36. The Morgan fingerprint density at radius 2 is 1.77 bits per heavy atom. The number of sulfonamides is 1. The minimum atomic E-state index is -3.82. The van der Waals surface area contributed by atoms with Crippen molar-refractivity contribution < 1.29 is 13.2 Å². The highest BCUT2D eigenvalue weighted by atomic mass is 35.5. The molecule has 1 aliphatic heterocycles. The Hall–Kier alpha value is -2.24. The zero-order chi connectivity index (χ0) is 22.3. The van der Waals surface area contributed by atoms with E-state index in [0.29, 0.717) is 31.9 Å². The molecule has 1 aliphatic rings. The van der Waals surface area contributed by atoms with E-state index < -0.39 is 15.9 Å². The topological polar surface area (TPSA) is 91.7 Å². The Morgan fingerprint density at radius 1 is 1.06 bits per heavy atom. The number of carbonyl (C=O) groups excluding carboxylic acids is 1. The molecule has 0 unspecified atom stereocenters. The third-order valence-electron chi connectivity index (χ3n) is 5.32. The summed E-state index contributed by atoms with van der Waals surface area (Å²) in [5.41, 5.74) is 1.47. The maximum absolute atomic E-state index is 13.1. The van der Waals surface area contributed by atoms with Crippen molar-refractivity contribution in [1.29, 1.82) is 0 Å². The molecule has 0 atom stereocenters. The molecule has 1 fully saturated rings. The number of fused-ring (bicyclic) bond motifs is 1. The third kappa shape index (κ3) is 4.26. The summed E-state index contributed by atoms with van der Waals surface area (Å²) in [5.74, 6) is -0.464. The Labute approximate surface area is 188 Å². The number of nitrogens with one attached hydrogen (secondary N) is 1. The number of carbonyl (C=O) groups is 1. The number of amides is 1. The molecule has 11 heteroatoms. The summed E-state index contributed by atoms with van der Waals surface area (Å²) >= 11 is 7.29. The van der Waals surface area contributed by atoms with E-state index in [2.05, 4.69) is 10.2 Å². The number of halogens is 1. The summed E-state index contributed by atoms with van der Waals surface area (Å²) in [7, 11) is -0.189. The Kier molecular flexibility index (Phi) is 5.93. The molecule has 8 nitrogen and oxygen atoms in total. The number of piperazine rings is 1. The van der Waals surface area contributed by atoms with E-state index in [1.165, 1.54) is 22.5 Å². The molecular weight excluding hydrogens is 460 g/mol. The summed E-state index contributed by atoms with van der Waals surface area (Å²) < 4.78 is 29.9. The summed E-state index contributed by atoms with van der Waals surface area (Å²) in [6.07, 6.45) is 0. The molecule has 0 bridgehead atoms. The summed E-state index contributed by atoms with van der Waals surface area (Å²) in [6, 6.07) is 9.39. The number of thiazole rings is 1. The number of benzene rings is 2. The molecule has 3 aromatic rings. The average Bonchev–Trinajstić information content (AvgIpc) is 3.01. The van der Waals surface area contributed by atoms with Crippen molar-refractivity contribution in [2.75, 3.05) is 38.5 Å². The normalized spacial score (nSPS) is 16.0. The number of rotatable bonds is 4. The van der Waals surface area contributed by atoms with Crippen molar-refractivity contribution >= 4 is 54.8 Å². The van der Waals surface area contributed by atoms with Crippen molar-refractivity contribution in [2.24, 2.45) is 7.05 Å². The minimum Gasteiger partial charge on any atom is -0.322 e. The molecular formula is C20H21ClN4O4S2. The first-order chi connectivity index (χ1) is 14.7. The van der Waals surface area contributed by atoms with Gasteiger partial charge >= 0.3 is 4.87 Å². The second-order valence-corrected chi connectivity index (χ2v) is 10.7. The first-order valence-electron chi connectivity index (χ1n) is 9.56. The van der Waals surface area contributed by atoms with Crippen LogP contribution in [0.2, 0.25) is 5.02 Å². The van der Waals surface area contributed by atoms with Crippen LogP contribution in [0.4, 0.5) is 5.69 Å². The highest BCUT2D eigenvalue weighted by Crippen LogP contribution is 2.27. The number of likely N-dealkylation sites (N-methyl/N-ethyl adjacent to an activating group) is 1. The molecule has 1 saturated heterocycles. The van der Waals surface area contributed by atoms with Crippen molar-refractivity contribution in [1.82, 2.24) is 13.8 Å². The largest absolute Gasteiger partial charge is 0.322 e. The van der Waals surface area contributed by atoms with Crippen molar-refractivity contribution in [3.05, 3.63) is 56.7 Å². The lowest BCUT2D eigenvalue weighted by molar-refractivity contribution is 0.102. The van der Waals surface area contributed by atoms with Crippen LogP contribution in [0.3, 0.4) is 0 Å². The number of hydrogen-bond acceptors (Lipinski definition) is 6. The lowest BCUT2D eigenvalue weighted by Gasteiger charge is -2.31. The van der Waals surface area contributed by atoms with Crippen LogP contribution in [0.15, 0.2) is 46.1 Å². The van der Waals surface area contributed by atoms with Crippen molar-refractivity contribution in [3.63, 3.8) is 0 Å². The number of nitrogens with zero attached hydrogens (tertiary/aromatic N) is 3. The lowest BCUT2D eigenvalue weighted by Crippen LogP contribution is -2.47. The molecule has 0 aliphatic carbocycles. The fourth-order valence-electron chi connectivity index (χ4n) is 3.42. The smallest absolute Gasteiger partial charge is 0.307 e. The molecule has 4 rings (SSSR count). The van der Waals surface area contributed by atoms with Gasteiger partial charge in [0.05, 0.1) is 15.2 Å². The van der Waals surface area contributed by atoms with Crippen molar-refractivity contribution in [2.45, 2.75) is 4.90 Å². The molecule has 0 spiro atoms. The van der Waals surface area contributed by atoms with Gasteiger partial charge in [-0.3, -0.25) is 9.59 Å². The quantitative estimate of drug-likeness (QED) is 0.619. The van der Waals surface area contributed by atoms with Crippen LogP contribution in [-0.4, -0.2) is 61.3 Å². The predicted octanol–water partition coefficient (Wildman–Crippen LogP) is 2.44. The van der Waals surface area contributed by atoms with Crippen LogP contribution < -0.4 is 10.2 Å². The minimum absolute atomic E-state index is 0.0750. The van der Waals surface area contributed by atoms with Gasteiger partial charge in [0.25, 0.3) is 5.91 Å². The van der Waals surface area contributed by atoms with Gasteiger partial charge in [-0.05, 0) is 43.4 Å². The van der Waals surface area contributed by atoms with E-state index >= 15 is 0 Å². The molecule has 1 amide bonds. The van der Waals surface area contributed by atoms with Crippen LogP contribution in [-0.2, 0) is 17.1 Å². The van der Waals surface area contributed by atoms with E-state index in [-0.39, 0.29) is 20.4 Å². The van der Waals surface area contributed by atoms with E-state index in [1.807, 2.05) is 7.05 Å². The summed E-state index contributed by atoms with van der Waals surface area (Å²) in [4.78, 5) is 26.5. The van der Waals surface area contributed by atoms with Gasteiger partial charge in [0.2, 0.25) is 10.0 Å². The van der Waals surface area contributed by atoms with Crippen LogP contribution in [0, 0.1) is 0 Å². The van der Waals surface area contributed by atoms with Gasteiger partial charge in [0.1, 0.15) is 4.90 Å². The molecule has 31 heavy (non-hydrogen) atoms. The second-order valence-electron chi connectivity index (χ2n) is 7.42. The molecule has 164 valence electrons. The van der Waals surface area contributed by atoms with E-state index in [0.717, 1.165) is 21.6 Å². The third-order valence-corrected chi connectivity index (χ3v) is 8.70. The molecule has 2 heterocycles. The SMILES string of the molecule is CN1CCN(S(=O)(=O)c2cc(C(=O)Nc3ccc4c(c3)sc(=O)n4C)ccc2Cl)CC1. The van der Waals surface area contributed by atoms with Crippen molar-refractivity contribution in [3.8, 4) is 0 Å². The summed E-state index contributed by atoms with van der Waals surface area (Å²) in [5, 5.41) is 2.84. The van der Waals surface area contributed by atoms with Gasteiger partial charge in [-0.1, -0.05) is 22.9 Å². The first kappa shape index (κ1) is 22.0. The van der Waals surface area contributed by atoms with Gasteiger partial charge in [-0.25, -0.2) is 8.42 Å². The van der Waals surface area contributed by atoms with E-state index in [1.54, 1.807) is 29.8 Å². The van der Waals surface area contributed by atoms with Gasteiger partial charge in [0, 0.05) is 44.5 Å². The lowest BCUT2D eigenvalue weighted by atomic mass is 10.2. The zero-order valence-corrected chi connectivity index (χ0v) is 19.4. The van der Waals surface area contributed by atoms with E-state index in [4.69, 9.17) is 11.6 Å². The van der Waals surface area contributed by atoms with Gasteiger partial charge in [0.15, 0.2) is 0 Å². The van der Waals surface area contributed by atoms with Gasteiger partial charge in [-0.15, -0.1) is 0 Å². The fourth-order valence-corrected chi connectivity index (χ4v) is 6.27. The monoisotopic (exact) mass is 480 g/mol. The Balaban J connectivity index is 1.60. The van der Waals surface area contributed by atoms with Gasteiger partial charge < -0.3 is 14.8 Å². The molecule has 1 aromatic heterocycles. The highest BCUT2D eigenvalue weighted by Gasteiger charge is 2.30. The number of aryl methyl sites for hydroxylation is 1. The van der Waals surface area contributed by atoms with Crippen LogP contribution in [0.1, 0.15) is 10.4 Å². The highest BCUT2D eigenvalue weighted by molar-refractivity contribution is 7.89. The zero-order valence-electron chi connectivity index (χ0n) is 17.0.